The monoisotopic (exact) mass is 377 g/mol. The highest BCUT2D eigenvalue weighted by Crippen LogP contribution is 2.25. The molecule has 8 heteroatoms. The predicted molar refractivity (Wildman–Crippen MR) is 97.3 cm³/mol. The first-order chi connectivity index (χ1) is 12.5. The van der Waals surface area contributed by atoms with Gasteiger partial charge in [-0.25, -0.2) is 9.18 Å². The van der Waals surface area contributed by atoms with Crippen molar-refractivity contribution in [3.05, 3.63) is 53.3 Å². The van der Waals surface area contributed by atoms with E-state index in [1.165, 1.54) is 18.2 Å². The van der Waals surface area contributed by atoms with E-state index in [0.717, 1.165) is 0 Å². The highest BCUT2D eigenvalue weighted by Gasteiger charge is 2.31. The summed E-state index contributed by atoms with van der Waals surface area (Å²) >= 11 is 5.69. The number of anilines is 2. The molecule has 0 saturated carbocycles. The largest absolute Gasteiger partial charge is 0.497 e. The Kier molecular flexibility index (Phi) is 5.27. The quantitative estimate of drug-likeness (QED) is 0.857. The number of nitrogens with zero attached hydrogens (tertiary/aromatic N) is 1. The van der Waals surface area contributed by atoms with Crippen LogP contribution in [0.5, 0.6) is 5.75 Å². The molecule has 0 aromatic heterocycles. The summed E-state index contributed by atoms with van der Waals surface area (Å²) in [5, 5.41) is 5.23. The van der Waals surface area contributed by atoms with Gasteiger partial charge in [-0.1, -0.05) is 17.7 Å². The highest BCUT2D eigenvalue weighted by molar-refractivity contribution is 6.31. The molecular weight excluding hydrogens is 361 g/mol. The number of carbonyl (C=O) groups excluding carboxylic acids is 2. The van der Waals surface area contributed by atoms with E-state index in [2.05, 4.69) is 10.6 Å². The van der Waals surface area contributed by atoms with Gasteiger partial charge in [-0.15, -0.1) is 0 Å². The fourth-order valence-electron chi connectivity index (χ4n) is 2.76. The van der Waals surface area contributed by atoms with Crippen LogP contribution in [-0.4, -0.2) is 31.6 Å². The number of nitrogens with one attached hydrogen (secondary N) is 2. The third-order valence-electron chi connectivity index (χ3n) is 4.00. The maximum absolute atomic E-state index is 13.2. The lowest BCUT2D eigenvalue weighted by atomic mass is 10.2. The summed E-state index contributed by atoms with van der Waals surface area (Å²) in [4.78, 5) is 26.0. The summed E-state index contributed by atoms with van der Waals surface area (Å²) in [6, 6.07) is 10.2. The number of carbonyl (C=O) groups is 2. The number of methoxy groups -OCH3 is 1. The minimum Gasteiger partial charge on any atom is -0.497 e. The molecule has 1 aliphatic rings. The van der Waals surface area contributed by atoms with Gasteiger partial charge in [-0.2, -0.15) is 0 Å². The molecule has 2 aromatic rings. The second-order valence-electron chi connectivity index (χ2n) is 5.83. The Morgan fingerprint density at radius 1 is 1.31 bits per heavy atom. The number of ether oxygens (including phenoxy) is 1. The van der Waals surface area contributed by atoms with Gasteiger partial charge in [0.05, 0.1) is 18.2 Å². The van der Waals surface area contributed by atoms with Crippen LogP contribution in [0, 0.1) is 5.82 Å². The van der Waals surface area contributed by atoms with Crippen LogP contribution in [0.15, 0.2) is 42.5 Å². The molecule has 26 heavy (non-hydrogen) atoms. The minimum atomic E-state index is -0.562. The summed E-state index contributed by atoms with van der Waals surface area (Å²) in [7, 11) is 1.56. The zero-order valence-corrected chi connectivity index (χ0v) is 14.7. The molecule has 3 amide bonds. The molecule has 0 radical (unpaired) electrons. The van der Waals surface area contributed by atoms with Crippen molar-refractivity contribution in [2.45, 2.75) is 12.5 Å². The van der Waals surface area contributed by atoms with Gasteiger partial charge in [-0.3, -0.25) is 4.79 Å². The fourth-order valence-corrected chi connectivity index (χ4v) is 2.94. The third-order valence-corrected chi connectivity index (χ3v) is 4.29. The number of amides is 3. The number of urea groups is 1. The van der Waals surface area contributed by atoms with E-state index in [1.54, 1.807) is 30.2 Å². The van der Waals surface area contributed by atoms with Crippen molar-refractivity contribution in [3.8, 4) is 5.75 Å². The topological polar surface area (TPSA) is 70.7 Å². The molecular formula is C18H17ClFN3O3. The molecule has 1 aliphatic heterocycles. The molecule has 1 saturated heterocycles. The third kappa shape index (κ3) is 4.05. The molecule has 0 unspecified atom stereocenters. The van der Waals surface area contributed by atoms with E-state index in [1.807, 2.05) is 6.07 Å². The van der Waals surface area contributed by atoms with Crippen molar-refractivity contribution in [1.82, 2.24) is 5.32 Å². The van der Waals surface area contributed by atoms with E-state index >= 15 is 0 Å². The van der Waals surface area contributed by atoms with E-state index in [4.69, 9.17) is 16.3 Å². The Balaban J connectivity index is 1.61. The Labute approximate surface area is 154 Å². The summed E-state index contributed by atoms with van der Waals surface area (Å²) in [6.07, 6.45) is 0.189. The molecule has 6 nitrogen and oxygen atoms in total. The van der Waals surface area contributed by atoms with Gasteiger partial charge in [0.15, 0.2) is 0 Å². The van der Waals surface area contributed by atoms with Crippen LogP contribution in [0.3, 0.4) is 0 Å². The number of rotatable bonds is 4. The van der Waals surface area contributed by atoms with Crippen LogP contribution in [0.1, 0.15) is 6.42 Å². The van der Waals surface area contributed by atoms with Gasteiger partial charge in [0.25, 0.3) is 0 Å². The Bertz CT molecular complexity index is 846. The lowest BCUT2D eigenvalue weighted by Crippen LogP contribution is -2.39. The molecule has 0 aliphatic carbocycles. The van der Waals surface area contributed by atoms with Crippen LogP contribution in [0.4, 0.5) is 20.6 Å². The zero-order valence-electron chi connectivity index (χ0n) is 14.0. The molecule has 3 rings (SSSR count). The maximum atomic E-state index is 13.2. The van der Waals surface area contributed by atoms with Gasteiger partial charge >= 0.3 is 6.03 Å². The van der Waals surface area contributed by atoms with Crippen LogP contribution in [0.25, 0.3) is 0 Å². The van der Waals surface area contributed by atoms with E-state index < -0.39 is 11.8 Å². The van der Waals surface area contributed by atoms with Crippen LogP contribution in [0.2, 0.25) is 5.02 Å². The van der Waals surface area contributed by atoms with Crippen LogP contribution < -0.4 is 20.3 Å². The predicted octanol–water partition coefficient (Wildman–Crippen LogP) is 3.41. The first-order valence-corrected chi connectivity index (χ1v) is 8.31. The van der Waals surface area contributed by atoms with Crippen molar-refractivity contribution in [1.29, 1.82) is 0 Å². The average Bonchev–Trinajstić information content (AvgIpc) is 2.98. The SMILES string of the molecule is COc1cccc(N2C[C@H](NC(=O)Nc3ccc(F)c(Cl)c3)CC2=O)c1. The molecule has 1 atom stereocenters. The summed E-state index contributed by atoms with van der Waals surface area (Å²) < 4.78 is 18.3. The molecule has 1 fully saturated rings. The molecule has 1 heterocycles. The van der Waals surface area contributed by atoms with Crippen molar-refractivity contribution in [2.24, 2.45) is 0 Å². The maximum Gasteiger partial charge on any atom is 0.319 e. The molecule has 0 bridgehead atoms. The Hall–Kier alpha value is -2.80. The first-order valence-electron chi connectivity index (χ1n) is 7.93. The smallest absolute Gasteiger partial charge is 0.319 e. The molecule has 0 spiro atoms. The first kappa shape index (κ1) is 18.0. The van der Waals surface area contributed by atoms with Gasteiger partial charge < -0.3 is 20.3 Å². The second-order valence-corrected chi connectivity index (χ2v) is 6.24. The highest BCUT2D eigenvalue weighted by atomic mass is 35.5. The summed E-state index contributed by atoms with van der Waals surface area (Å²) in [5.41, 5.74) is 1.08. The van der Waals surface area contributed by atoms with E-state index in [-0.39, 0.29) is 23.4 Å². The summed E-state index contributed by atoms with van der Waals surface area (Å²) in [6.45, 7) is 0.351. The molecule has 2 aromatic carbocycles. The second kappa shape index (κ2) is 7.61. The normalized spacial score (nSPS) is 16.5. The molecule has 136 valence electrons. The van der Waals surface area contributed by atoms with Crippen molar-refractivity contribution in [2.75, 3.05) is 23.9 Å². The molecule has 2 N–H and O–H groups in total. The van der Waals surface area contributed by atoms with Crippen molar-refractivity contribution < 1.29 is 18.7 Å². The number of halogens is 2. The number of benzene rings is 2. The van der Waals surface area contributed by atoms with E-state index in [0.29, 0.717) is 23.7 Å². The standard InChI is InChI=1S/C18H17ClFN3O3/c1-26-14-4-2-3-13(9-14)23-10-12(8-17(23)24)22-18(25)21-11-5-6-16(20)15(19)7-11/h2-7,9,12H,8,10H2,1H3,(H2,21,22,25)/t12-/m1/s1. The van der Waals surface area contributed by atoms with Gasteiger partial charge in [0.2, 0.25) is 5.91 Å². The van der Waals surface area contributed by atoms with Crippen LogP contribution >= 0.6 is 11.6 Å². The van der Waals surface area contributed by atoms with E-state index in [9.17, 15) is 14.0 Å². The lowest BCUT2D eigenvalue weighted by molar-refractivity contribution is -0.117. The van der Waals surface area contributed by atoms with Gasteiger partial charge in [-0.05, 0) is 30.3 Å². The van der Waals surface area contributed by atoms with Crippen molar-refractivity contribution in [3.63, 3.8) is 0 Å². The van der Waals surface area contributed by atoms with Crippen molar-refractivity contribution >= 4 is 34.9 Å². The number of hydrogen-bond acceptors (Lipinski definition) is 3. The van der Waals surface area contributed by atoms with Gasteiger partial charge in [0.1, 0.15) is 11.6 Å². The zero-order chi connectivity index (χ0) is 18.7. The summed E-state index contributed by atoms with van der Waals surface area (Å²) in [5.74, 6) is -0.000957. The number of hydrogen-bond donors (Lipinski definition) is 2. The minimum absolute atomic E-state index is 0.0805. The Morgan fingerprint density at radius 2 is 2.12 bits per heavy atom. The van der Waals surface area contributed by atoms with Gasteiger partial charge in [0, 0.05) is 30.4 Å². The fraction of sp³-hybridized carbons (Fsp3) is 0.222. The lowest BCUT2D eigenvalue weighted by Gasteiger charge is -2.18. The Morgan fingerprint density at radius 3 is 2.85 bits per heavy atom. The van der Waals surface area contributed by atoms with Crippen LogP contribution in [-0.2, 0) is 4.79 Å². The average molecular weight is 378 g/mol.